The molecule has 25 heavy (non-hydrogen) atoms. The number of nitrogens with zero attached hydrogens (tertiary/aromatic N) is 2. The third kappa shape index (κ3) is 3.29. The van der Waals surface area contributed by atoms with E-state index in [-0.39, 0.29) is 11.7 Å². The molecular weight excluding hydrogens is 317 g/mol. The summed E-state index contributed by atoms with van der Waals surface area (Å²) in [5.74, 6) is 0.850. The van der Waals surface area contributed by atoms with Gasteiger partial charge < -0.3 is 10.2 Å². The van der Waals surface area contributed by atoms with Gasteiger partial charge >= 0.3 is 0 Å². The molecule has 2 heterocycles. The van der Waals surface area contributed by atoms with Gasteiger partial charge in [-0.15, -0.1) is 0 Å². The Labute approximate surface area is 147 Å². The molecular formula is C20H22FN3O. The van der Waals surface area contributed by atoms with Gasteiger partial charge in [-0.1, -0.05) is 19.1 Å². The summed E-state index contributed by atoms with van der Waals surface area (Å²) in [6.45, 7) is 5.54. The number of rotatable bonds is 5. The van der Waals surface area contributed by atoms with E-state index in [1.54, 1.807) is 30.5 Å². The van der Waals surface area contributed by atoms with Crippen LogP contribution in [0.5, 0.6) is 0 Å². The third-order valence-electron chi connectivity index (χ3n) is 5.25. The summed E-state index contributed by atoms with van der Waals surface area (Å²) in [7, 11) is 0. The maximum absolute atomic E-state index is 13.3. The molecule has 0 bridgehead atoms. The fourth-order valence-electron chi connectivity index (χ4n) is 3.91. The minimum absolute atomic E-state index is 0.0697. The van der Waals surface area contributed by atoms with E-state index in [1.165, 1.54) is 18.6 Å². The van der Waals surface area contributed by atoms with Crippen LogP contribution in [0.4, 0.5) is 4.39 Å². The number of nitrogens with one attached hydrogen (secondary N) is 1. The minimum Gasteiger partial charge on any atom is -0.349 e. The molecule has 4 nitrogen and oxygen atoms in total. The lowest BCUT2D eigenvalue weighted by Crippen LogP contribution is -2.34. The maximum Gasteiger partial charge on any atom is 0.253 e. The molecule has 1 aromatic heterocycles. The summed E-state index contributed by atoms with van der Waals surface area (Å²) >= 11 is 0. The van der Waals surface area contributed by atoms with Crippen LogP contribution in [-0.2, 0) is 0 Å². The lowest BCUT2D eigenvalue weighted by molar-refractivity contribution is 0.0942. The van der Waals surface area contributed by atoms with Crippen molar-refractivity contribution in [2.45, 2.75) is 19.4 Å². The number of hydrogen-bond donors (Lipinski definition) is 1. The zero-order valence-electron chi connectivity index (χ0n) is 14.3. The van der Waals surface area contributed by atoms with Crippen molar-refractivity contribution >= 4 is 5.91 Å². The molecule has 5 heteroatoms. The standard InChI is InChI=1S/C20H22FN3O/c1-2-8-24-11-16-17(12-24)19(16)23-20(25)14-6-7-18(22-10-14)13-4-3-5-15(21)9-13/h3-7,9-10,16-17,19H,2,8,11-12H2,1H3,(H,23,25)/t16-,17+,19-. The molecule has 1 N–H and O–H groups in total. The summed E-state index contributed by atoms with van der Waals surface area (Å²) in [6, 6.07) is 10.1. The van der Waals surface area contributed by atoms with Gasteiger partial charge in [-0.2, -0.15) is 0 Å². The molecule has 0 unspecified atom stereocenters. The molecule has 2 aromatic rings. The molecule has 3 atom stereocenters. The van der Waals surface area contributed by atoms with Crippen molar-refractivity contribution in [2.75, 3.05) is 19.6 Å². The average Bonchev–Trinajstić information content (AvgIpc) is 3.05. The Morgan fingerprint density at radius 1 is 1.28 bits per heavy atom. The highest BCUT2D eigenvalue weighted by molar-refractivity contribution is 5.94. The number of aromatic nitrogens is 1. The number of pyridine rings is 1. The van der Waals surface area contributed by atoms with Crippen molar-refractivity contribution in [1.29, 1.82) is 0 Å². The van der Waals surface area contributed by atoms with Gasteiger partial charge in [0.25, 0.3) is 5.91 Å². The highest BCUT2D eigenvalue weighted by atomic mass is 19.1. The van der Waals surface area contributed by atoms with Crippen molar-refractivity contribution < 1.29 is 9.18 Å². The Morgan fingerprint density at radius 3 is 2.72 bits per heavy atom. The predicted octanol–water partition coefficient (Wildman–Crippen LogP) is 2.96. The Kier molecular flexibility index (Phi) is 4.25. The van der Waals surface area contributed by atoms with E-state index in [0.29, 0.717) is 34.7 Å². The van der Waals surface area contributed by atoms with E-state index in [0.717, 1.165) is 19.6 Å². The van der Waals surface area contributed by atoms with E-state index < -0.39 is 0 Å². The van der Waals surface area contributed by atoms with Gasteiger partial charge in [-0.25, -0.2) is 4.39 Å². The van der Waals surface area contributed by atoms with Crippen LogP contribution in [0.25, 0.3) is 11.3 Å². The van der Waals surface area contributed by atoms with Gasteiger partial charge in [0.2, 0.25) is 0 Å². The molecule has 1 amide bonds. The quantitative estimate of drug-likeness (QED) is 0.911. The zero-order chi connectivity index (χ0) is 17.4. The van der Waals surface area contributed by atoms with Gasteiger partial charge in [-0.3, -0.25) is 9.78 Å². The van der Waals surface area contributed by atoms with Gasteiger partial charge in [0.1, 0.15) is 5.82 Å². The number of hydrogen-bond acceptors (Lipinski definition) is 3. The lowest BCUT2D eigenvalue weighted by atomic mass is 10.1. The number of likely N-dealkylation sites (tertiary alicyclic amines) is 1. The topological polar surface area (TPSA) is 45.2 Å². The van der Waals surface area contributed by atoms with E-state index >= 15 is 0 Å². The SMILES string of the molecule is CCCN1C[C@@H]2[C@H](C1)[C@@H]2NC(=O)c1ccc(-c2cccc(F)c2)nc1. The van der Waals surface area contributed by atoms with Crippen LogP contribution in [-0.4, -0.2) is 41.5 Å². The number of halogens is 1. The molecule has 0 spiro atoms. The van der Waals surface area contributed by atoms with Gasteiger partial charge in [0.15, 0.2) is 0 Å². The largest absolute Gasteiger partial charge is 0.349 e. The van der Waals surface area contributed by atoms with Crippen molar-refractivity contribution in [3.05, 3.63) is 54.0 Å². The van der Waals surface area contributed by atoms with Crippen LogP contribution in [0.15, 0.2) is 42.6 Å². The van der Waals surface area contributed by atoms with Gasteiger partial charge in [-0.05, 0) is 49.1 Å². The predicted molar refractivity (Wildman–Crippen MR) is 94.6 cm³/mol. The number of piperidine rings is 1. The third-order valence-corrected chi connectivity index (χ3v) is 5.25. The highest BCUT2D eigenvalue weighted by Gasteiger charge is 2.56. The molecule has 2 aliphatic rings. The summed E-state index contributed by atoms with van der Waals surface area (Å²) in [5.41, 5.74) is 1.92. The fourth-order valence-corrected chi connectivity index (χ4v) is 3.91. The zero-order valence-corrected chi connectivity index (χ0v) is 14.3. The van der Waals surface area contributed by atoms with Crippen LogP contribution in [0, 0.1) is 17.7 Å². The fraction of sp³-hybridized carbons (Fsp3) is 0.400. The monoisotopic (exact) mass is 339 g/mol. The smallest absolute Gasteiger partial charge is 0.253 e. The van der Waals surface area contributed by atoms with E-state index in [1.807, 2.05) is 0 Å². The van der Waals surface area contributed by atoms with Crippen LogP contribution in [0.1, 0.15) is 23.7 Å². The second-order valence-electron chi connectivity index (χ2n) is 7.03. The minimum atomic E-state index is -0.293. The van der Waals surface area contributed by atoms with Crippen LogP contribution >= 0.6 is 0 Å². The second-order valence-corrected chi connectivity index (χ2v) is 7.03. The summed E-state index contributed by atoms with van der Waals surface area (Å²) in [4.78, 5) is 19.2. The van der Waals surface area contributed by atoms with Crippen molar-refractivity contribution in [3.63, 3.8) is 0 Å². The Hall–Kier alpha value is -2.27. The summed E-state index contributed by atoms with van der Waals surface area (Å²) in [5, 5.41) is 3.14. The van der Waals surface area contributed by atoms with Crippen molar-refractivity contribution in [1.82, 2.24) is 15.2 Å². The first-order valence-corrected chi connectivity index (χ1v) is 8.91. The second kappa shape index (κ2) is 6.56. The Morgan fingerprint density at radius 2 is 2.08 bits per heavy atom. The molecule has 1 aromatic carbocycles. The maximum atomic E-state index is 13.3. The normalized spacial score (nSPS) is 24.8. The number of carbonyl (C=O) groups is 1. The number of carbonyl (C=O) groups excluding carboxylic acids is 1. The van der Waals surface area contributed by atoms with Crippen LogP contribution in [0.3, 0.4) is 0 Å². The highest BCUT2D eigenvalue weighted by Crippen LogP contribution is 2.45. The van der Waals surface area contributed by atoms with Crippen LogP contribution < -0.4 is 5.32 Å². The van der Waals surface area contributed by atoms with Crippen molar-refractivity contribution in [3.8, 4) is 11.3 Å². The van der Waals surface area contributed by atoms with Gasteiger partial charge in [0, 0.05) is 30.9 Å². The first kappa shape index (κ1) is 16.2. The number of amides is 1. The van der Waals surface area contributed by atoms with Crippen LogP contribution in [0.2, 0.25) is 0 Å². The molecule has 130 valence electrons. The van der Waals surface area contributed by atoms with E-state index in [9.17, 15) is 9.18 Å². The summed E-state index contributed by atoms with van der Waals surface area (Å²) in [6.07, 6.45) is 2.75. The number of benzene rings is 1. The molecule has 1 saturated heterocycles. The average molecular weight is 339 g/mol. The number of fused-ring (bicyclic) bond motifs is 1. The molecule has 2 fully saturated rings. The van der Waals surface area contributed by atoms with E-state index in [2.05, 4.69) is 22.1 Å². The van der Waals surface area contributed by atoms with Gasteiger partial charge in [0.05, 0.1) is 11.3 Å². The molecule has 4 rings (SSSR count). The Bertz CT molecular complexity index is 765. The van der Waals surface area contributed by atoms with E-state index in [4.69, 9.17) is 0 Å². The lowest BCUT2D eigenvalue weighted by Gasteiger charge is -2.18. The molecule has 1 saturated carbocycles. The molecule has 0 radical (unpaired) electrons. The van der Waals surface area contributed by atoms with Crippen molar-refractivity contribution in [2.24, 2.45) is 11.8 Å². The Balaban J connectivity index is 1.36. The summed E-state index contributed by atoms with van der Waals surface area (Å²) < 4.78 is 13.3. The first-order chi connectivity index (χ1) is 12.2. The molecule has 1 aliphatic carbocycles. The molecule has 1 aliphatic heterocycles. The first-order valence-electron chi connectivity index (χ1n) is 8.91.